The highest BCUT2D eigenvalue weighted by atomic mass is 19.1. The maximum Gasteiger partial charge on any atom is 0.135 e. The van der Waals surface area contributed by atoms with Crippen molar-refractivity contribution in [2.45, 2.75) is 45.4 Å². The molecule has 0 spiro atoms. The molecular formula is C17H23FO2. The quantitative estimate of drug-likeness (QED) is 0.577. The smallest absolute Gasteiger partial charge is 0.135 e. The summed E-state index contributed by atoms with van der Waals surface area (Å²) in [6.45, 7) is 2.57. The molecule has 0 saturated carbocycles. The minimum absolute atomic E-state index is 0.243. The average Bonchev–Trinajstić information content (AvgIpc) is 2.45. The summed E-state index contributed by atoms with van der Waals surface area (Å²) in [5.41, 5.74) is 0.491. The molecule has 1 rings (SSSR count). The van der Waals surface area contributed by atoms with E-state index in [-0.39, 0.29) is 12.4 Å². The van der Waals surface area contributed by atoms with Gasteiger partial charge in [0.25, 0.3) is 0 Å². The van der Waals surface area contributed by atoms with Crippen LogP contribution in [0.2, 0.25) is 0 Å². The first-order valence-corrected chi connectivity index (χ1v) is 7.30. The van der Waals surface area contributed by atoms with E-state index in [0.717, 1.165) is 12.8 Å². The molecule has 0 aliphatic rings. The monoisotopic (exact) mass is 278 g/mol. The van der Waals surface area contributed by atoms with Crippen LogP contribution in [-0.2, 0) is 0 Å². The molecule has 1 N–H and O–H groups in total. The van der Waals surface area contributed by atoms with Gasteiger partial charge >= 0.3 is 0 Å². The fraction of sp³-hybridized carbons (Fsp3) is 0.529. The van der Waals surface area contributed by atoms with Gasteiger partial charge in [-0.1, -0.05) is 50.9 Å². The van der Waals surface area contributed by atoms with Crippen molar-refractivity contribution in [2.24, 2.45) is 0 Å². The van der Waals surface area contributed by atoms with Crippen molar-refractivity contribution in [3.63, 3.8) is 0 Å². The van der Waals surface area contributed by atoms with Gasteiger partial charge < -0.3 is 9.84 Å². The number of halogens is 1. The van der Waals surface area contributed by atoms with E-state index in [1.807, 2.05) is 0 Å². The Balaban J connectivity index is 2.39. The van der Waals surface area contributed by atoms with Gasteiger partial charge in [0.05, 0.1) is 12.2 Å². The molecule has 0 heterocycles. The highest BCUT2D eigenvalue weighted by Crippen LogP contribution is 2.19. The van der Waals surface area contributed by atoms with Crippen LogP contribution in [0.1, 0.15) is 51.0 Å². The van der Waals surface area contributed by atoms with Crippen LogP contribution in [0.15, 0.2) is 18.2 Å². The molecular weight excluding hydrogens is 255 g/mol. The van der Waals surface area contributed by atoms with Crippen molar-refractivity contribution in [1.29, 1.82) is 0 Å². The number of aliphatic hydroxyl groups excluding tert-OH is 1. The normalized spacial score (nSPS) is 9.95. The predicted octanol–water partition coefficient (Wildman–Crippen LogP) is 3.91. The van der Waals surface area contributed by atoms with Crippen LogP contribution in [0, 0.1) is 17.7 Å². The van der Waals surface area contributed by atoms with Crippen molar-refractivity contribution in [3.8, 4) is 17.6 Å². The molecule has 110 valence electrons. The molecule has 2 nitrogen and oxygen atoms in total. The molecule has 1 aromatic carbocycles. The molecule has 0 unspecified atom stereocenters. The van der Waals surface area contributed by atoms with Gasteiger partial charge in [-0.25, -0.2) is 4.39 Å². The van der Waals surface area contributed by atoms with Crippen LogP contribution in [-0.4, -0.2) is 18.3 Å². The Morgan fingerprint density at radius 2 is 1.90 bits per heavy atom. The molecule has 0 aromatic heterocycles. The third-order valence-electron chi connectivity index (χ3n) is 3.00. The first-order chi connectivity index (χ1) is 9.77. The zero-order chi connectivity index (χ0) is 14.6. The molecule has 1 aromatic rings. The first kappa shape index (κ1) is 16.5. The predicted molar refractivity (Wildman–Crippen MR) is 79.2 cm³/mol. The Bertz CT molecular complexity index is 446. The molecule has 0 saturated heterocycles. The van der Waals surface area contributed by atoms with Gasteiger partial charge in [-0.15, -0.1) is 0 Å². The van der Waals surface area contributed by atoms with Gasteiger partial charge in [0.1, 0.15) is 18.2 Å². The Labute approximate surface area is 121 Å². The second kappa shape index (κ2) is 10.3. The fourth-order valence-corrected chi connectivity index (χ4v) is 1.93. The molecule has 0 bridgehead atoms. The summed E-state index contributed by atoms with van der Waals surface area (Å²) in [6, 6.07) is 4.29. The molecule has 0 aliphatic carbocycles. The topological polar surface area (TPSA) is 29.5 Å². The van der Waals surface area contributed by atoms with E-state index in [1.165, 1.54) is 37.8 Å². The van der Waals surface area contributed by atoms with Crippen LogP contribution >= 0.6 is 0 Å². The summed E-state index contributed by atoms with van der Waals surface area (Å²) in [4.78, 5) is 0. The highest BCUT2D eigenvalue weighted by Gasteiger charge is 2.03. The van der Waals surface area contributed by atoms with Gasteiger partial charge in [0, 0.05) is 0 Å². The highest BCUT2D eigenvalue weighted by molar-refractivity contribution is 5.46. The lowest BCUT2D eigenvalue weighted by atomic mass is 10.1. The van der Waals surface area contributed by atoms with Crippen LogP contribution in [0.4, 0.5) is 4.39 Å². The van der Waals surface area contributed by atoms with Crippen LogP contribution in [0.5, 0.6) is 5.75 Å². The van der Waals surface area contributed by atoms with Gasteiger partial charge in [-0.2, -0.15) is 0 Å². The van der Waals surface area contributed by atoms with Gasteiger partial charge in [-0.3, -0.25) is 0 Å². The maximum absolute atomic E-state index is 13.1. The van der Waals surface area contributed by atoms with Crippen LogP contribution in [0.3, 0.4) is 0 Å². The largest absolute Gasteiger partial charge is 0.492 e. The van der Waals surface area contributed by atoms with E-state index in [2.05, 4.69) is 18.8 Å². The summed E-state index contributed by atoms with van der Waals surface area (Å²) < 4.78 is 18.8. The first-order valence-electron chi connectivity index (χ1n) is 7.30. The lowest BCUT2D eigenvalue weighted by Crippen LogP contribution is -1.99. The number of aliphatic hydroxyl groups is 1. The van der Waals surface area contributed by atoms with Crippen LogP contribution in [0.25, 0.3) is 0 Å². The number of benzene rings is 1. The number of ether oxygens (including phenoxy) is 1. The molecule has 0 radical (unpaired) electrons. The van der Waals surface area contributed by atoms with Crippen molar-refractivity contribution in [1.82, 2.24) is 0 Å². The molecule has 0 aliphatic heterocycles. The number of rotatable bonds is 8. The lowest BCUT2D eigenvalue weighted by molar-refractivity contribution is 0.303. The summed E-state index contributed by atoms with van der Waals surface area (Å²) >= 11 is 0. The Kier molecular flexibility index (Phi) is 8.49. The van der Waals surface area contributed by atoms with Crippen molar-refractivity contribution < 1.29 is 14.2 Å². The van der Waals surface area contributed by atoms with Crippen molar-refractivity contribution in [2.75, 3.05) is 13.2 Å². The molecule has 0 atom stereocenters. The van der Waals surface area contributed by atoms with E-state index in [1.54, 1.807) is 6.07 Å². The summed E-state index contributed by atoms with van der Waals surface area (Å²) in [5, 5.41) is 8.70. The standard InChI is InChI=1S/C17H23FO2/c1-2-3-4-5-6-7-13-20-17-11-10-16(18)14-15(17)9-8-12-19/h10-11,14,19H,2-7,12-13H2,1H3. The van der Waals surface area contributed by atoms with Crippen molar-refractivity contribution >= 4 is 0 Å². The third-order valence-corrected chi connectivity index (χ3v) is 3.00. The van der Waals surface area contributed by atoms with Gasteiger partial charge in [0.15, 0.2) is 0 Å². The minimum Gasteiger partial charge on any atom is -0.492 e. The maximum atomic E-state index is 13.1. The zero-order valence-electron chi connectivity index (χ0n) is 12.1. The van der Waals surface area contributed by atoms with E-state index < -0.39 is 0 Å². The molecule has 0 amide bonds. The second-order valence-corrected chi connectivity index (χ2v) is 4.72. The SMILES string of the molecule is CCCCCCCCOc1ccc(F)cc1C#CCO. The third kappa shape index (κ3) is 6.58. The van der Waals surface area contributed by atoms with Crippen molar-refractivity contribution in [3.05, 3.63) is 29.6 Å². The Morgan fingerprint density at radius 3 is 2.65 bits per heavy atom. The van der Waals surface area contributed by atoms with E-state index in [0.29, 0.717) is 17.9 Å². The lowest BCUT2D eigenvalue weighted by Gasteiger charge is -2.08. The van der Waals surface area contributed by atoms with Gasteiger partial charge in [-0.05, 0) is 24.6 Å². The summed E-state index contributed by atoms with van der Waals surface area (Å²) in [6.07, 6.45) is 7.20. The van der Waals surface area contributed by atoms with Gasteiger partial charge in [0.2, 0.25) is 0 Å². The Hall–Kier alpha value is -1.53. The number of hydrogen-bond acceptors (Lipinski definition) is 2. The van der Waals surface area contributed by atoms with E-state index in [4.69, 9.17) is 9.84 Å². The Morgan fingerprint density at radius 1 is 1.15 bits per heavy atom. The molecule has 20 heavy (non-hydrogen) atoms. The second-order valence-electron chi connectivity index (χ2n) is 4.72. The summed E-state index contributed by atoms with van der Waals surface area (Å²) in [5.74, 6) is 5.46. The minimum atomic E-state index is -0.348. The van der Waals surface area contributed by atoms with E-state index in [9.17, 15) is 4.39 Å². The molecule has 3 heteroatoms. The summed E-state index contributed by atoms with van der Waals surface area (Å²) in [7, 11) is 0. The fourth-order valence-electron chi connectivity index (χ4n) is 1.93. The number of unbranched alkanes of at least 4 members (excludes halogenated alkanes) is 5. The average molecular weight is 278 g/mol. The number of hydrogen-bond donors (Lipinski definition) is 1. The molecule has 0 fully saturated rings. The van der Waals surface area contributed by atoms with Crippen LogP contribution < -0.4 is 4.74 Å². The zero-order valence-corrected chi connectivity index (χ0v) is 12.1. The van der Waals surface area contributed by atoms with E-state index >= 15 is 0 Å².